The number of ether oxygens (including phenoxy) is 1. The van der Waals surface area contributed by atoms with Crippen molar-refractivity contribution in [2.24, 2.45) is 0 Å². The number of amides is 1. The Hall–Kier alpha value is -2.04. The van der Waals surface area contributed by atoms with Gasteiger partial charge >= 0.3 is 5.97 Å². The van der Waals surface area contributed by atoms with Gasteiger partial charge in [0.15, 0.2) is 0 Å². The minimum atomic E-state index is -0.383. The first-order valence-corrected chi connectivity index (χ1v) is 4.82. The number of methoxy groups -OCH3 is 1. The first kappa shape index (κ1) is 10.5. The van der Waals surface area contributed by atoms with Crippen molar-refractivity contribution < 1.29 is 19.4 Å². The predicted molar refractivity (Wildman–Crippen MR) is 54.9 cm³/mol. The Kier molecular flexibility index (Phi) is 2.52. The lowest BCUT2D eigenvalue weighted by Gasteiger charge is -2.09. The minimum absolute atomic E-state index is 0.0348. The van der Waals surface area contributed by atoms with Gasteiger partial charge in [0.05, 0.1) is 19.6 Å². The van der Waals surface area contributed by atoms with Gasteiger partial charge in [-0.25, -0.2) is 0 Å². The third kappa shape index (κ3) is 1.71. The van der Waals surface area contributed by atoms with Crippen LogP contribution in [-0.4, -0.2) is 24.1 Å². The van der Waals surface area contributed by atoms with E-state index in [4.69, 9.17) is 0 Å². The van der Waals surface area contributed by atoms with Gasteiger partial charge in [0.25, 0.3) is 5.91 Å². The number of esters is 1. The van der Waals surface area contributed by atoms with Gasteiger partial charge in [0.2, 0.25) is 0 Å². The zero-order valence-corrected chi connectivity index (χ0v) is 8.69. The molecule has 0 spiro atoms. The Morgan fingerprint density at radius 3 is 3.00 bits per heavy atom. The second-order valence-corrected chi connectivity index (χ2v) is 3.58. The van der Waals surface area contributed by atoms with E-state index in [2.05, 4.69) is 10.1 Å². The SMILES string of the molecule is COC(=O)C[C@@H]1NC(=O)c2cc(O)ccc21. The molecule has 0 unspecified atom stereocenters. The van der Waals surface area contributed by atoms with Crippen LogP contribution in [0.2, 0.25) is 0 Å². The number of benzene rings is 1. The number of carbonyl (C=O) groups is 2. The summed E-state index contributed by atoms with van der Waals surface area (Å²) in [6.45, 7) is 0. The van der Waals surface area contributed by atoms with E-state index in [1.807, 2.05) is 0 Å². The standard InChI is InChI=1S/C11H11NO4/c1-16-10(14)5-9-7-3-2-6(13)4-8(7)11(15)12-9/h2-4,9,13H,5H2,1H3,(H,12,15)/t9-/m0/s1. The average Bonchev–Trinajstić information content (AvgIpc) is 2.55. The molecule has 16 heavy (non-hydrogen) atoms. The molecule has 1 aromatic carbocycles. The van der Waals surface area contributed by atoms with Gasteiger partial charge in [-0.15, -0.1) is 0 Å². The molecule has 0 saturated carbocycles. The van der Waals surface area contributed by atoms with E-state index in [0.717, 1.165) is 0 Å². The third-order valence-electron chi connectivity index (χ3n) is 2.56. The highest BCUT2D eigenvalue weighted by Gasteiger charge is 2.30. The summed E-state index contributed by atoms with van der Waals surface area (Å²) in [4.78, 5) is 22.7. The van der Waals surface area contributed by atoms with Crippen molar-refractivity contribution in [3.63, 3.8) is 0 Å². The second-order valence-electron chi connectivity index (χ2n) is 3.58. The summed E-state index contributed by atoms with van der Waals surface area (Å²) in [5.41, 5.74) is 1.13. The maximum absolute atomic E-state index is 11.5. The topological polar surface area (TPSA) is 75.6 Å². The van der Waals surface area contributed by atoms with Gasteiger partial charge in [0, 0.05) is 5.56 Å². The summed E-state index contributed by atoms with van der Waals surface area (Å²) in [6, 6.07) is 4.15. The number of rotatable bonds is 2. The number of phenolic OH excluding ortho intramolecular Hbond substituents is 1. The quantitative estimate of drug-likeness (QED) is 0.722. The van der Waals surface area contributed by atoms with Gasteiger partial charge in [-0.2, -0.15) is 0 Å². The number of carbonyl (C=O) groups excluding carboxylic acids is 2. The first-order chi connectivity index (χ1) is 7.61. The summed E-state index contributed by atoms with van der Waals surface area (Å²) in [5, 5.41) is 11.9. The van der Waals surface area contributed by atoms with Crippen LogP contribution in [0.5, 0.6) is 5.75 Å². The number of hydrogen-bond acceptors (Lipinski definition) is 4. The summed E-state index contributed by atoms with van der Waals surface area (Å²) >= 11 is 0. The first-order valence-electron chi connectivity index (χ1n) is 4.82. The van der Waals surface area contributed by atoms with Gasteiger partial charge in [-0.1, -0.05) is 6.07 Å². The van der Waals surface area contributed by atoms with Gasteiger partial charge < -0.3 is 15.2 Å². The molecule has 0 bridgehead atoms. The smallest absolute Gasteiger partial charge is 0.307 e. The normalized spacial score (nSPS) is 17.8. The van der Waals surface area contributed by atoms with Crippen LogP contribution in [0.3, 0.4) is 0 Å². The molecule has 0 aromatic heterocycles. The van der Waals surface area contributed by atoms with Crippen molar-refractivity contribution >= 4 is 11.9 Å². The maximum atomic E-state index is 11.5. The summed E-state index contributed by atoms with van der Waals surface area (Å²) < 4.78 is 4.55. The highest BCUT2D eigenvalue weighted by atomic mass is 16.5. The summed E-state index contributed by atoms with van der Waals surface area (Å²) in [6.07, 6.45) is 0.0972. The van der Waals surface area contributed by atoms with Gasteiger partial charge in [-0.3, -0.25) is 9.59 Å². The fraction of sp³-hybridized carbons (Fsp3) is 0.273. The Morgan fingerprint density at radius 1 is 1.56 bits per heavy atom. The molecule has 0 saturated heterocycles. The van der Waals surface area contributed by atoms with E-state index < -0.39 is 0 Å². The van der Waals surface area contributed by atoms with E-state index in [0.29, 0.717) is 11.1 Å². The Morgan fingerprint density at radius 2 is 2.31 bits per heavy atom. The molecule has 5 nitrogen and oxygen atoms in total. The molecule has 0 fully saturated rings. The molecule has 5 heteroatoms. The highest BCUT2D eigenvalue weighted by molar-refractivity contribution is 6.00. The van der Waals surface area contributed by atoms with E-state index in [1.54, 1.807) is 6.07 Å². The van der Waals surface area contributed by atoms with Crippen LogP contribution >= 0.6 is 0 Å². The average molecular weight is 221 g/mol. The van der Waals surface area contributed by atoms with Crippen LogP contribution in [0.15, 0.2) is 18.2 Å². The Labute approximate surface area is 92.0 Å². The van der Waals surface area contributed by atoms with Gasteiger partial charge in [-0.05, 0) is 17.7 Å². The lowest BCUT2D eigenvalue weighted by molar-refractivity contribution is -0.141. The van der Waals surface area contributed by atoms with Crippen LogP contribution < -0.4 is 5.32 Å². The molecule has 0 aliphatic carbocycles. The zero-order chi connectivity index (χ0) is 11.7. The van der Waals surface area contributed by atoms with Crippen molar-refractivity contribution in [3.05, 3.63) is 29.3 Å². The molecule has 1 aliphatic heterocycles. The Balaban J connectivity index is 2.29. The summed E-state index contributed by atoms with van der Waals surface area (Å²) in [7, 11) is 1.30. The maximum Gasteiger partial charge on any atom is 0.307 e. The predicted octanol–water partition coefficient (Wildman–Crippen LogP) is 0.740. The van der Waals surface area contributed by atoms with Crippen molar-refractivity contribution in [2.75, 3.05) is 7.11 Å². The molecule has 2 N–H and O–H groups in total. The molecular formula is C11H11NO4. The minimum Gasteiger partial charge on any atom is -0.508 e. The number of nitrogens with one attached hydrogen (secondary N) is 1. The molecule has 1 heterocycles. The van der Waals surface area contributed by atoms with Crippen molar-refractivity contribution in [1.82, 2.24) is 5.32 Å². The largest absolute Gasteiger partial charge is 0.508 e. The van der Waals surface area contributed by atoms with Crippen LogP contribution in [-0.2, 0) is 9.53 Å². The number of aromatic hydroxyl groups is 1. The molecule has 1 aromatic rings. The molecule has 2 rings (SSSR count). The van der Waals surface area contributed by atoms with E-state index in [-0.39, 0.29) is 30.1 Å². The third-order valence-corrected chi connectivity index (χ3v) is 2.56. The fourth-order valence-electron chi connectivity index (χ4n) is 1.77. The van der Waals surface area contributed by atoms with Gasteiger partial charge in [0.1, 0.15) is 5.75 Å². The van der Waals surface area contributed by atoms with Crippen LogP contribution in [0, 0.1) is 0 Å². The molecule has 1 amide bonds. The zero-order valence-electron chi connectivity index (χ0n) is 8.69. The van der Waals surface area contributed by atoms with E-state index >= 15 is 0 Å². The second kappa shape index (κ2) is 3.84. The monoisotopic (exact) mass is 221 g/mol. The summed E-state index contributed by atoms with van der Waals surface area (Å²) in [5.74, 6) is -0.626. The van der Waals surface area contributed by atoms with Crippen LogP contribution in [0.4, 0.5) is 0 Å². The van der Waals surface area contributed by atoms with Crippen LogP contribution in [0.1, 0.15) is 28.4 Å². The Bertz CT molecular complexity index is 455. The lowest BCUT2D eigenvalue weighted by Crippen LogP contribution is -2.21. The fourth-order valence-corrected chi connectivity index (χ4v) is 1.77. The van der Waals surface area contributed by atoms with E-state index in [9.17, 15) is 14.7 Å². The molecule has 84 valence electrons. The molecule has 0 radical (unpaired) electrons. The molecule has 1 atom stereocenters. The molecular weight excluding hydrogens is 210 g/mol. The number of phenols is 1. The van der Waals surface area contributed by atoms with Crippen LogP contribution in [0.25, 0.3) is 0 Å². The van der Waals surface area contributed by atoms with Crippen molar-refractivity contribution in [1.29, 1.82) is 0 Å². The van der Waals surface area contributed by atoms with Crippen molar-refractivity contribution in [3.8, 4) is 5.75 Å². The van der Waals surface area contributed by atoms with E-state index in [1.165, 1.54) is 19.2 Å². The number of fused-ring (bicyclic) bond motifs is 1. The highest BCUT2D eigenvalue weighted by Crippen LogP contribution is 2.30. The number of hydrogen-bond donors (Lipinski definition) is 2. The van der Waals surface area contributed by atoms with Crippen molar-refractivity contribution in [2.45, 2.75) is 12.5 Å². The molecule has 1 aliphatic rings. The lowest BCUT2D eigenvalue weighted by atomic mass is 10.0.